The van der Waals surface area contributed by atoms with Crippen molar-refractivity contribution in [3.63, 3.8) is 0 Å². The van der Waals surface area contributed by atoms with Gasteiger partial charge in [0.1, 0.15) is 11.7 Å². The third-order valence-corrected chi connectivity index (χ3v) is 2.05. The summed E-state index contributed by atoms with van der Waals surface area (Å²) in [5, 5.41) is 8.78. The highest BCUT2D eigenvalue weighted by Crippen LogP contribution is 2.14. The van der Waals surface area contributed by atoms with E-state index in [1.807, 2.05) is 19.9 Å². The second kappa shape index (κ2) is 4.17. The zero-order chi connectivity index (χ0) is 10.7. The summed E-state index contributed by atoms with van der Waals surface area (Å²) in [6, 6.07) is 1.81. The van der Waals surface area contributed by atoms with Crippen molar-refractivity contribution in [3.8, 4) is 0 Å². The number of carboxylic acid groups (broad SMARTS) is 1. The van der Waals surface area contributed by atoms with E-state index in [1.54, 1.807) is 13.1 Å². The van der Waals surface area contributed by atoms with Crippen molar-refractivity contribution in [1.29, 1.82) is 0 Å². The van der Waals surface area contributed by atoms with Gasteiger partial charge in [0.2, 0.25) is 0 Å². The van der Waals surface area contributed by atoms with Gasteiger partial charge in [-0.3, -0.25) is 4.79 Å². The van der Waals surface area contributed by atoms with E-state index in [9.17, 15) is 4.79 Å². The molecular weight excluding hydrogens is 180 g/mol. The zero-order valence-corrected chi connectivity index (χ0v) is 8.56. The molecule has 0 aliphatic carbocycles. The van der Waals surface area contributed by atoms with E-state index in [4.69, 9.17) is 5.11 Å². The molecule has 1 rings (SSSR count). The van der Waals surface area contributed by atoms with Crippen molar-refractivity contribution in [2.45, 2.75) is 32.6 Å². The molecule has 76 valence electrons. The summed E-state index contributed by atoms with van der Waals surface area (Å²) >= 11 is 0. The first kappa shape index (κ1) is 10.6. The summed E-state index contributed by atoms with van der Waals surface area (Å²) in [6.07, 6.45) is 1.61. The molecule has 1 atom stereocenters. The fraction of sp³-hybridized carbons (Fsp3) is 0.500. The van der Waals surface area contributed by atoms with E-state index in [1.165, 1.54) is 0 Å². The lowest BCUT2D eigenvalue weighted by Crippen LogP contribution is -2.12. The van der Waals surface area contributed by atoms with Gasteiger partial charge in [0.25, 0.3) is 0 Å². The molecule has 0 aromatic carbocycles. The lowest BCUT2D eigenvalue weighted by molar-refractivity contribution is -0.138. The highest BCUT2D eigenvalue weighted by atomic mass is 16.4. The Bertz CT molecular complexity index is 337. The highest BCUT2D eigenvalue weighted by Gasteiger charge is 2.17. The fourth-order valence-electron chi connectivity index (χ4n) is 1.03. The average molecular weight is 194 g/mol. The number of rotatable bonds is 3. The molecule has 0 fully saturated rings. The van der Waals surface area contributed by atoms with Crippen molar-refractivity contribution in [2.24, 2.45) is 0 Å². The van der Waals surface area contributed by atoms with E-state index in [0.717, 1.165) is 5.69 Å². The minimum atomic E-state index is -0.897. The SMILES string of the molecule is CC(C)c1ccnc(C(C)C(=O)O)n1. The molecule has 0 aliphatic rings. The molecule has 1 heterocycles. The maximum Gasteiger partial charge on any atom is 0.313 e. The Hall–Kier alpha value is -1.45. The summed E-state index contributed by atoms with van der Waals surface area (Å²) in [6.45, 7) is 5.61. The van der Waals surface area contributed by atoms with Gasteiger partial charge in [0.15, 0.2) is 0 Å². The molecule has 0 amide bonds. The second-order valence-electron chi connectivity index (χ2n) is 3.55. The van der Waals surface area contributed by atoms with Crippen molar-refractivity contribution >= 4 is 5.97 Å². The minimum Gasteiger partial charge on any atom is -0.481 e. The molecule has 0 spiro atoms. The number of aliphatic carboxylic acids is 1. The van der Waals surface area contributed by atoms with Gasteiger partial charge >= 0.3 is 5.97 Å². The van der Waals surface area contributed by atoms with Crippen molar-refractivity contribution in [1.82, 2.24) is 9.97 Å². The normalized spacial score (nSPS) is 12.9. The Morgan fingerprint density at radius 2 is 2.07 bits per heavy atom. The van der Waals surface area contributed by atoms with Crippen LogP contribution in [0.1, 0.15) is 44.1 Å². The number of carboxylic acids is 1. The van der Waals surface area contributed by atoms with Crippen LogP contribution in [-0.4, -0.2) is 21.0 Å². The molecule has 0 radical (unpaired) electrons. The molecule has 1 aromatic rings. The molecule has 4 heteroatoms. The van der Waals surface area contributed by atoms with E-state index in [0.29, 0.717) is 5.82 Å². The zero-order valence-electron chi connectivity index (χ0n) is 8.56. The number of aromatic nitrogens is 2. The summed E-state index contributed by atoms with van der Waals surface area (Å²) in [5.41, 5.74) is 0.878. The van der Waals surface area contributed by atoms with Crippen LogP contribution in [0.5, 0.6) is 0 Å². The van der Waals surface area contributed by atoms with Gasteiger partial charge in [0.05, 0.1) is 0 Å². The Morgan fingerprint density at radius 3 is 2.57 bits per heavy atom. The predicted octanol–water partition coefficient (Wildman–Crippen LogP) is 1.79. The van der Waals surface area contributed by atoms with E-state index < -0.39 is 11.9 Å². The van der Waals surface area contributed by atoms with Gasteiger partial charge in [-0.15, -0.1) is 0 Å². The van der Waals surface area contributed by atoms with Crippen LogP contribution in [0.25, 0.3) is 0 Å². The third-order valence-electron chi connectivity index (χ3n) is 2.05. The van der Waals surface area contributed by atoms with Crippen LogP contribution in [0, 0.1) is 0 Å². The number of hydrogen-bond acceptors (Lipinski definition) is 3. The Morgan fingerprint density at radius 1 is 1.43 bits per heavy atom. The Labute approximate surface area is 83.0 Å². The number of carbonyl (C=O) groups is 1. The molecule has 1 aromatic heterocycles. The standard InChI is InChI=1S/C10H14N2O2/c1-6(2)8-4-5-11-9(12-8)7(3)10(13)14/h4-7H,1-3H3,(H,13,14). The first-order valence-electron chi connectivity index (χ1n) is 4.58. The van der Waals surface area contributed by atoms with Crippen LogP contribution in [0.15, 0.2) is 12.3 Å². The Balaban J connectivity index is 2.99. The molecule has 0 bridgehead atoms. The van der Waals surface area contributed by atoms with Gasteiger partial charge in [-0.05, 0) is 18.9 Å². The molecular formula is C10H14N2O2. The van der Waals surface area contributed by atoms with Crippen LogP contribution in [0.4, 0.5) is 0 Å². The quantitative estimate of drug-likeness (QED) is 0.796. The van der Waals surface area contributed by atoms with Gasteiger partial charge in [-0.1, -0.05) is 13.8 Å². The van der Waals surface area contributed by atoms with Crippen LogP contribution in [-0.2, 0) is 4.79 Å². The van der Waals surface area contributed by atoms with E-state index >= 15 is 0 Å². The lowest BCUT2D eigenvalue weighted by Gasteiger charge is -2.08. The minimum absolute atomic E-state index is 0.290. The number of hydrogen-bond donors (Lipinski definition) is 1. The molecule has 0 saturated heterocycles. The highest BCUT2D eigenvalue weighted by molar-refractivity contribution is 5.74. The van der Waals surface area contributed by atoms with E-state index in [2.05, 4.69) is 9.97 Å². The third kappa shape index (κ3) is 2.28. The summed E-state index contributed by atoms with van der Waals surface area (Å²) < 4.78 is 0. The molecule has 0 aliphatic heterocycles. The molecule has 1 N–H and O–H groups in total. The molecule has 4 nitrogen and oxygen atoms in total. The van der Waals surface area contributed by atoms with Crippen LogP contribution < -0.4 is 0 Å². The van der Waals surface area contributed by atoms with Crippen molar-refractivity contribution < 1.29 is 9.90 Å². The molecule has 0 saturated carbocycles. The van der Waals surface area contributed by atoms with Gasteiger partial charge < -0.3 is 5.11 Å². The van der Waals surface area contributed by atoms with Crippen molar-refractivity contribution in [3.05, 3.63) is 23.8 Å². The second-order valence-corrected chi connectivity index (χ2v) is 3.55. The molecule has 1 unspecified atom stereocenters. The first-order valence-corrected chi connectivity index (χ1v) is 4.58. The number of nitrogens with zero attached hydrogens (tertiary/aromatic N) is 2. The average Bonchev–Trinajstić information content (AvgIpc) is 2.16. The van der Waals surface area contributed by atoms with Crippen molar-refractivity contribution in [2.75, 3.05) is 0 Å². The first-order chi connectivity index (χ1) is 6.52. The topological polar surface area (TPSA) is 63.1 Å². The largest absolute Gasteiger partial charge is 0.481 e. The fourth-order valence-corrected chi connectivity index (χ4v) is 1.03. The monoisotopic (exact) mass is 194 g/mol. The lowest BCUT2D eigenvalue weighted by atomic mass is 10.1. The summed E-state index contributed by atoms with van der Waals surface area (Å²) in [7, 11) is 0. The van der Waals surface area contributed by atoms with Gasteiger partial charge in [0, 0.05) is 11.9 Å². The molecule has 14 heavy (non-hydrogen) atoms. The predicted molar refractivity (Wildman–Crippen MR) is 52.2 cm³/mol. The van der Waals surface area contributed by atoms with Crippen LogP contribution >= 0.6 is 0 Å². The van der Waals surface area contributed by atoms with Crippen LogP contribution in [0.2, 0.25) is 0 Å². The Kier molecular flexibility index (Phi) is 3.17. The summed E-state index contributed by atoms with van der Waals surface area (Å²) in [4.78, 5) is 18.9. The summed E-state index contributed by atoms with van der Waals surface area (Å²) in [5.74, 6) is -0.874. The maximum atomic E-state index is 10.7. The maximum absolute atomic E-state index is 10.7. The van der Waals surface area contributed by atoms with E-state index in [-0.39, 0.29) is 5.92 Å². The van der Waals surface area contributed by atoms with Crippen LogP contribution in [0.3, 0.4) is 0 Å². The smallest absolute Gasteiger partial charge is 0.313 e. The van der Waals surface area contributed by atoms with Gasteiger partial charge in [-0.25, -0.2) is 9.97 Å². The van der Waals surface area contributed by atoms with Gasteiger partial charge in [-0.2, -0.15) is 0 Å².